The van der Waals surface area contributed by atoms with Crippen LogP contribution >= 0.6 is 0 Å². The normalized spacial score (nSPS) is 10.5. The molecule has 0 saturated heterocycles. The summed E-state index contributed by atoms with van der Waals surface area (Å²) in [5.41, 5.74) is 7.73. The first-order chi connectivity index (χ1) is 10.6. The molecule has 116 valence electrons. The quantitative estimate of drug-likeness (QED) is 0.805. The summed E-state index contributed by atoms with van der Waals surface area (Å²) in [7, 11) is 0. The Morgan fingerprint density at radius 2 is 1.82 bits per heavy atom. The highest BCUT2D eigenvalue weighted by Crippen LogP contribution is 2.19. The minimum Gasteiger partial charge on any atom is -0.493 e. The van der Waals surface area contributed by atoms with Crippen molar-refractivity contribution >= 4 is 11.6 Å². The summed E-state index contributed by atoms with van der Waals surface area (Å²) in [5.74, 6) is 1.07. The van der Waals surface area contributed by atoms with Crippen LogP contribution in [0.4, 0.5) is 5.69 Å². The third-order valence-electron chi connectivity index (χ3n) is 3.19. The van der Waals surface area contributed by atoms with Gasteiger partial charge in [-0.15, -0.1) is 0 Å². The number of hydrogen-bond acceptors (Lipinski definition) is 3. The molecule has 0 saturated carbocycles. The maximum absolute atomic E-state index is 12.2. The Bertz CT molecular complexity index is 638. The highest BCUT2D eigenvalue weighted by atomic mass is 16.5. The molecule has 22 heavy (non-hydrogen) atoms. The molecule has 3 N–H and O–H groups in total. The summed E-state index contributed by atoms with van der Waals surface area (Å²) in [6.45, 7) is 5.25. The van der Waals surface area contributed by atoms with E-state index in [0.29, 0.717) is 30.3 Å². The number of nitrogen functional groups attached to an aromatic ring is 1. The van der Waals surface area contributed by atoms with Crippen LogP contribution in [0.1, 0.15) is 29.8 Å². The van der Waals surface area contributed by atoms with E-state index in [-0.39, 0.29) is 5.91 Å². The maximum Gasteiger partial charge on any atom is 0.253 e. The molecular formula is C18H22N2O2. The summed E-state index contributed by atoms with van der Waals surface area (Å²) >= 11 is 0. The van der Waals surface area contributed by atoms with Crippen LogP contribution in [0.5, 0.6) is 5.75 Å². The summed E-state index contributed by atoms with van der Waals surface area (Å²) < 4.78 is 5.78. The lowest BCUT2D eigenvalue weighted by molar-refractivity contribution is 0.0951. The third-order valence-corrected chi connectivity index (χ3v) is 3.19. The van der Waals surface area contributed by atoms with Crippen molar-refractivity contribution in [1.82, 2.24) is 5.32 Å². The van der Waals surface area contributed by atoms with Gasteiger partial charge >= 0.3 is 0 Å². The second-order valence-corrected chi connectivity index (χ2v) is 5.58. The summed E-state index contributed by atoms with van der Waals surface area (Å²) in [4.78, 5) is 12.2. The first-order valence-electron chi connectivity index (χ1n) is 7.41. The number of ether oxygens (including phenoxy) is 1. The van der Waals surface area contributed by atoms with Gasteiger partial charge in [0.05, 0.1) is 12.2 Å². The monoisotopic (exact) mass is 298 g/mol. The number of nitrogens with two attached hydrogens (primary N) is 1. The molecule has 2 rings (SSSR count). The molecule has 0 fully saturated rings. The van der Waals surface area contributed by atoms with Gasteiger partial charge in [-0.25, -0.2) is 0 Å². The highest BCUT2D eigenvalue weighted by molar-refractivity contribution is 5.99. The molecular weight excluding hydrogens is 276 g/mol. The zero-order valence-corrected chi connectivity index (χ0v) is 13.0. The second kappa shape index (κ2) is 7.50. The molecule has 4 nitrogen and oxygen atoms in total. The van der Waals surface area contributed by atoms with Gasteiger partial charge in [0.2, 0.25) is 0 Å². The Labute approximate surface area is 131 Å². The van der Waals surface area contributed by atoms with Gasteiger partial charge in [-0.1, -0.05) is 44.2 Å². The standard InChI is InChI=1S/C18H22N2O2/c1-13(2)12-22-17-10-6-3-7-14(17)11-20-18(21)15-8-4-5-9-16(15)19/h3-10,13H,11-12,19H2,1-2H3,(H,20,21). The molecule has 0 spiro atoms. The van der Waals surface area contributed by atoms with Crippen LogP contribution in [-0.2, 0) is 6.54 Å². The third kappa shape index (κ3) is 4.25. The van der Waals surface area contributed by atoms with Crippen LogP contribution in [0, 0.1) is 5.92 Å². The molecule has 0 aliphatic heterocycles. The van der Waals surface area contributed by atoms with Crippen LogP contribution in [0.15, 0.2) is 48.5 Å². The zero-order chi connectivity index (χ0) is 15.9. The number of benzene rings is 2. The molecule has 4 heteroatoms. The van der Waals surface area contributed by atoms with Crippen LogP contribution in [0.25, 0.3) is 0 Å². The lowest BCUT2D eigenvalue weighted by atomic mass is 10.1. The SMILES string of the molecule is CC(C)COc1ccccc1CNC(=O)c1ccccc1N. The fourth-order valence-electron chi connectivity index (χ4n) is 2.02. The molecule has 0 aliphatic carbocycles. The number of hydrogen-bond donors (Lipinski definition) is 2. The Morgan fingerprint density at radius 3 is 2.55 bits per heavy atom. The van der Waals surface area contributed by atoms with E-state index in [9.17, 15) is 4.79 Å². The van der Waals surface area contributed by atoms with Gasteiger partial charge in [-0.2, -0.15) is 0 Å². The Hall–Kier alpha value is -2.49. The predicted molar refractivity (Wildman–Crippen MR) is 88.8 cm³/mol. The summed E-state index contributed by atoms with van der Waals surface area (Å²) in [6, 6.07) is 14.8. The highest BCUT2D eigenvalue weighted by Gasteiger charge is 2.10. The van der Waals surface area contributed by atoms with Crippen LogP contribution in [-0.4, -0.2) is 12.5 Å². The number of carbonyl (C=O) groups is 1. The molecule has 0 aliphatic rings. The van der Waals surface area contributed by atoms with Crippen molar-refractivity contribution < 1.29 is 9.53 Å². The Morgan fingerprint density at radius 1 is 1.14 bits per heavy atom. The van der Waals surface area contributed by atoms with Crippen molar-refractivity contribution in [1.29, 1.82) is 0 Å². The van der Waals surface area contributed by atoms with Crippen molar-refractivity contribution in [2.45, 2.75) is 20.4 Å². The van der Waals surface area contributed by atoms with E-state index in [1.54, 1.807) is 24.3 Å². The van der Waals surface area contributed by atoms with Gasteiger partial charge in [-0.3, -0.25) is 4.79 Å². The number of carbonyl (C=O) groups excluding carboxylic acids is 1. The number of anilines is 1. The van der Waals surface area contributed by atoms with E-state index in [2.05, 4.69) is 19.2 Å². The van der Waals surface area contributed by atoms with Crippen LogP contribution in [0.2, 0.25) is 0 Å². The van der Waals surface area contributed by atoms with Crippen molar-refractivity contribution in [3.8, 4) is 5.75 Å². The van der Waals surface area contributed by atoms with Crippen LogP contribution in [0.3, 0.4) is 0 Å². The topological polar surface area (TPSA) is 64.3 Å². The number of rotatable bonds is 6. The fourth-order valence-corrected chi connectivity index (χ4v) is 2.02. The smallest absolute Gasteiger partial charge is 0.253 e. The first-order valence-corrected chi connectivity index (χ1v) is 7.41. The predicted octanol–water partition coefficient (Wildman–Crippen LogP) is 3.23. The fraction of sp³-hybridized carbons (Fsp3) is 0.278. The molecule has 2 aromatic rings. The van der Waals surface area contributed by atoms with Crippen molar-refractivity contribution in [3.05, 3.63) is 59.7 Å². The van der Waals surface area contributed by atoms with Crippen LogP contribution < -0.4 is 15.8 Å². The second-order valence-electron chi connectivity index (χ2n) is 5.58. The van der Waals surface area contributed by atoms with E-state index in [4.69, 9.17) is 10.5 Å². The van der Waals surface area contributed by atoms with E-state index in [1.807, 2.05) is 24.3 Å². The molecule has 0 aromatic heterocycles. The van der Waals surface area contributed by atoms with E-state index in [1.165, 1.54) is 0 Å². The van der Waals surface area contributed by atoms with E-state index >= 15 is 0 Å². The average Bonchev–Trinajstić information content (AvgIpc) is 2.51. The minimum absolute atomic E-state index is 0.184. The first kappa shape index (κ1) is 15.9. The van der Waals surface area contributed by atoms with Crippen molar-refractivity contribution in [2.24, 2.45) is 5.92 Å². The Kier molecular flexibility index (Phi) is 5.42. The van der Waals surface area contributed by atoms with E-state index in [0.717, 1.165) is 11.3 Å². The van der Waals surface area contributed by atoms with E-state index < -0.39 is 0 Å². The summed E-state index contributed by atoms with van der Waals surface area (Å²) in [5, 5.41) is 2.89. The van der Waals surface area contributed by atoms with Gasteiger partial charge in [0.1, 0.15) is 5.75 Å². The Balaban J connectivity index is 2.02. The maximum atomic E-state index is 12.2. The van der Waals surface area contributed by atoms with Gasteiger partial charge in [-0.05, 0) is 24.1 Å². The lowest BCUT2D eigenvalue weighted by Gasteiger charge is -2.14. The molecule has 0 bridgehead atoms. The number of para-hydroxylation sites is 2. The van der Waals surface area contributed by atoms with Gasteiger partial charge < -0.3 is 15.8 Å². The number of amides is 1. The van der Waals surface area contributed by atoms with Crippen molar-refractivity contribution in [2.75, 3.05) is 12.3 Å². The lowest BCUT2D eigenvalue weighted by Crippen LogP contribution is -2.24. The summed E-state index contributed by atoms with van der Waals surface area (Å²) in [6.07, 6.45) is 0. The minimum atomic E-state index is -0.184. The average molecular weight is 298 g/mol. The molecule has 0 atom stereocenters. The van der Waals surface area contributed by atoms with Crippen molar-refractivity contribution in [3.63, 3.8) is 0 Å². The van der Waals surface area contributed by atoms with Gasteiger partial charge in [0, 0.05) is 17.8 Å². The zero-order valence-electron chi connectivity index (χ0n) is 13.0. The number of nitrogens with one attached hydrogen (secondary N) is 1. The largest absolute Gasteiger partial charge is 0.493 e. The molecule has 2 aromatic carbocycles. The van der Waals surface area contributed by atoms with Gasteiger partial charge in [0.15, 0.2) is 0 Å². The molecule has 1 amide bonds. The van der Waals surface area contributed by atoms with Gasteiger partial charge in [0.25, 0.3) is 5.91 Å². The molecule has 0 unspecified atom stereocenters. The molecule has 0 radical (unpaired) electrons. The molecule has 0 heterocycles.